The second-order valence-corrected chi connectivity index (χ2v) is 7.49. The van der Waals surface area contributed by atoms with Crippen LogP contribution in [0.25, 0.3) is 0 Å². The van der Waals surface area contributed by atoms with Crippen molar-refractivity contribution in [3.8, 4) is 11.5 Å². The van der Waals surface area contributed by atoms with Crippen LogP contribution in [0.3, 0.4) is 0 Å². The lowest BCUT2D eigenvalue weighted by Crippen LogP contribution is -2.25. The SMILES string of the molecule is Fc1ccc(COCC(c2ccc(Cl)cc2)C(F)(F)F)cc1Oc1ccc(C(F)(F)F)cc1. The molecule has 0 aromatic heterocycles. The van der Waals surface area contributed by atoms with Gasteiger partial charge in [0.15, 0.2) is 11.6 Å². The molecule has 10 heteroatoms. The Bertz CT molecular complexity index is 1060. The predicted molar refractivity (Wildman–Crippen MR) is 108 cm³/mol. The minimum absolute atomic E-state index is 0.0164. The Morgan fingerprint density at radius 1 is 0.818 bits per heavy atom. The Balaban J connectivity index is 1.67. The number of hydrogen-bond donors (Lipinski definition) is 0. The van der Waals surface area contributed by atoms with Gasteiger partial charge in [-0.15, -0.1) is 0 Å². The highest BCUT2D eigenvalue weighted by Gasteiger charge is 2.40. The molecule has 0 fully saturated rings. The highest BCUT2D eigenvalue weighted by Crippen LogP contribution is 2.36. The fourth-order valence-electron chi connectivity index (χ4n) is 2.92. The molecule has 0 bridgehead atoms. The van der Waals surface area contributed by atoms with Crippen molar-refractivity contribution in [1.29, 1.82) is 0 Å². The molecule has 1 atom stereocenters. The summed E-state index contributed by atoms with van der Waals surface area (Å²) in [6, 6.07) is 12.4. The van der Waals surface area contributed by atoms with Crippen LogP contribution in [0.1, 0.15) is 22.6 Å². The summed E-state index contributed by atoms with van der Waals surface area (Å²) in [7, 11) is 0. The lowest BCUT2D eigenvalue weighted by Gasteiger charge is -2.21. The van der Waals surface area contributed by atoms with Gasteiger partial charge < -0.3 is 9.47 Å². The van der Waals surface area contributed by atoms with Gasteiger partial charge in [0.25, 0.3) is 0 Å². The third-order valence-corrected chi connectivity index (χ3v) is 4.88. The van der Waals surface area contributed by atoms with E-state index >= 15 is 0 Å². The van der Waals surface area contributed by atoms with Crippen LogP contribution in [0.15, 0.2) is 66.7 Å². The van der Waals surface area contributed by atoms with Crippen LogP contribution >= 0.6 is 11.6 Å². The van der Waals surface area contributed by atoms with Crippen LogP contribution in [0, 0.1) is 5.82 Å². The molecule has 0 amide bonds. The highest BCUT2D eigenvalue weighted by atomic mass is 35.5. The largest absolute Gasteiger partial charge is 0.454 e. The lowest BCUT2D eigenvalue weighted by molar-refractivity contribution is -0.163. The van der Waals surface area contributed by atoms with Gasteiger partial charge in [0.1, 0.15) is 11.7 Å². The number of rotatable bonds is 7. The summed E-state index contributed by atoms with van der Waals surface area (Å²) in [4.78, 5) is 0. The first-order valence-electron chi connectivity index (χ1n) is 9.47. The first kappa shape index (κ1) is 24.9. The van der Waals surface area contributed by atoms with Crippen LogP contribution in [0.2, 0.25) is 5.02 Å². The minimum atomic E-state index is -4.56. The summed E-state index contributed by atoms with van der Waals surface area (Å²) in [6.07, 6.45) is -9.09. The lowest BCUT2D eigenvalue weighted by atomic mass is 9.99. The Morgan fingerprint density at radius 2 is 1.45 bits per heavy atom. The summed E-state index contributed by atoms with van der Waals surface area (Å²) >= 11 is 5.72. The van der Waals surface area contributed by atoms with E-state index in [4.69, 9.17) is 21.1 Å². The molecule has 3 aromatic rings. The van der Waals surface area contributed by atoms with Crippen molar-refractivity contribution in [2.45, 2.75) is 24.9 Å². The number of hydrogen-bond acceptors (Lipinski definition) is 2. The van der Waals surface area contributed by atoms with Crippen molar-refractivity contribution < 1.29 is 40.2 Å². The second kappa shape index (κ2) is 10.0. The van der Waals surface area contributed by atoms with Crippen molar-refractivity contribution in [2.24, 2.45) is 0 Å². The molecule has 0 aliphatic rings. The van der Waals surface area contributed by atoms with Gasteiger partial charge >= 0.3 is 12.4 Å². The van der Waals surface area contributed by atoms with Gasteiger partial charge in [0.05, 0.1) is 18.8 Å². The van der Waals surface area contributed by atoms with E-state index < -0.39 is 36.3 Å². The standard InChI is InChI=1S/C23H16ClF7O2/c24-17-6-2-15(3-7-17)19(23(29,30)31)13-32-12-14-1-10-20(25)21(11-14)33-18-8-4-16(5-9-18)22(26,27)28/h1-11,19H,12-13H2. The maximum Gasteiger partial charge on any atom is 0.416 e. The molecule has 176 valence electrons. The quantitative estimate of drug-likeness (QED) is 0.310. The Morgan fingerprint density at radius 3 is 2.03 bits per heavy atom. The zero-order chi connectivity index (χ0) is 24.2. The zero-order valence-corrected chi connectivity index (χ0v) is 17.4. The molecule has 0 heterocycles. The molecule has 33 heavy (non-hydrogen) atoms. The van der Waals surface area contributed by atoms with Gasteiger partial charge in [-0.05, 0) is 59.7 Å². The van der Waals surface area contributed by atoms with Gasteiger partial charge in [-0.3, -0.25) is 0 Å². The topological polar surface area (TPSA) is 18.5 Å². The molecule has 0 aliphatic carbocycles. The van der Waals surface area contributed by atoms with E-state index in [1.54, 1.807) is 0 Å². The molecule has 3 aromatic carbocycles. The third kappa shape index (κ3) is 6.85. The van der Waals surface area contributed by atoms with E-state index in [1.165, 1.54) is 36.4 Å². The van der Waals surface area contributed by atoms with Gasteiger partial charge in [-0.1, -0.05) is 29.8 Å². The molecule has 0 radical (unpaired) electrons. The number of ether oxygens (including phenoxy) is 2. The normalized spacial score (nSPS) is 13.1. The average Bonchev–Trinajstić information content (AvgIpc) is 2.73. The van der Waals surface area contributed by atoms with Crippen molar-refractivity contribution in [2.75, 3.05) is 6.61 Å². The molecule has 0 saturated heterocycles. The summed E-state index contributed by atoms with van der Waals surface area (Å²) in [5.74, 6) is -3.04. The Labute approximate surface area is 189 Å². The maximum atomic E-state index is 14.1. The van der Waals surface area contributed by atoms with Crippen LogP contribution in [0.4, 0.5) is 30.7 Å². The number of alkyl halides is 6. The predicted octanol–water partition coefficient (Wildman–Crippen LogP) is 8.15. The molecular weight excluding hydrogens is 477 g/mol. The van der Waals surface area contributed by atoms with E-state index in [2.05, 4.69) is 0 Å². The first-order valence-corrected chi connectivity index (χ1v) is 9.85. The van der Waals surface area contributed by atoms with E-state index in [1.807, 2.05) is 0 Å². The van der Waals surface area contributed by atoms with Crippen molar-refractivity contribution in [1.82, 2.24) is 0 Å². The number of halogens is 8. The Hall–Kier alpha value is -2.78. The molecule has 0 spiro atoms. The smallest absolute Gasteiger partial charge is 0.416 e. The van der Waals surface area contributed by atoms with Gasteiger partial charge in [0.2, 0.25) is 0 Å². The maximum absolute atomic E-state index is 14.1. The fraction of sp³-hybridized carbons (Fsp3) is 0.217. The molecule has 1 unspecified atom stereocenters. The minimum Gasteiger partial charge on any atom is -0.454 e. The summed E-state index contributed by atoms with van der Waals surface area (Å²) in [6.45, 7) is -0.957. The van der Waals surface area contributed by atoms with E-state index in [0.717, 1.165) is 30.3 Å². The zero-order valence-electron chi connectivity index (χ0n) is 16.7. The molecule has 0 aliphatic heterocycles. The summed E-state index contributed by atoms with van der Waals surface area (Å²) < 4.78 is 103. The van der Waals surface area contributed by atoms with E-state index in [-0.39, 0.29) is 23.7 Å². The van der Waals surface area contributed by atoms with Gasteiger partial charge in [0, 0.05) is 5.02 Å². The molecule has 0 N–H and O–H groups in total. The first-order chi connectivity index (χ1) is 15.4. The van der Waals surface area contributed by atoms with Gasteiger partial charge in [-0.2, -0.15) is 26.3 Å². The number of benzene rings is 3. The van der Waals surface area contributed by atoms with Crippen LogP contribution in [-0.4, -0.2) is 12.8 Å². The average molecular weight is 493 g/mol. The van der Waals surface area contributed by atoms with Crippen LogP contribution in [0.5, 0.6) is 11.5 Å². The molecule has 0 saturated carbocycles. The molecular formula is C23H16ClF7O2. The summed E-state index contributed by atoms with van der Waals surface area (Å²) in [5.41, 5.74) is -0.593. The van der Waals surface area contributed by atoms with Crippen molar-refractivity contribution in [3.63, 3.8) is 0 Å². The monoisotopic (exact) mass is 492 g/mol. The third-order valence-electron chi connectivity index (χ3n) is 4.63. The Kier molecular flexibility index (Phi) is 7.54. The van der Waals surface area contributed by atoms with Crippen LogP contribution in [-0.2, 0) is 17.5 Å². The van der Waals surface area contributed by atoms with Gasteiger partial charge in [-0.25, -0.2) is 4.39 Å². The van der Waals surface area contributed by atoms with Crippen molar-refractivity contribution >= 4 is 11.6 Å². The highest BCUT2D eigenvalue weighted by molar-refractivity contribution is 6.30. The molecule has 2 nitrogen and oxygen atoms in total. The van der Waals surface area contributed by atoms with E-state index in [0.29, 0.717) is 10.6 Å². The van der Waals surface area contributed by atoms with Crippen LogP contribution < -0.4 is 4.74 Å². The molecule has 3 rings (SSSR count). The van der Waals surface area contributed by atoms with E-state index in [9.17, 15) is 30.7 Å². The van der Waals surface area contributed by atoms with Crippen molar-refractivity contribution in [3.05, 3.63) is 94.3 Å². The second-order valence-electron chi connectivity index (χ2n) is 7.05. The fourth-order valence-corrected chi connectivity index (χ4v) is 3.05. The summed E-state index contributed by atoms with van der Waals surface area (Å²) in [5, 5.41) is 0.299.